The lowest BCUT2D eigenvalue weighted by Crippen LogP contribution is -2.32. The summed E-state index contributed by atoms with van der Waals surface area (Å²) in [4.78, 5) is 13.9. The number of carbonyl (C=O) groups is 1. The molecule has 1 atom stereocenters. The number of benzene rings is 1. The minimum absolute atomic E-state index is 0.0184. The van der Waals surface area contributed by atoms with Crippen LogP contribution < -0.4 is 4.74 Å². The maximum absolute atomic E-state index is 12.2. The number of nitrogens with zero attached hydrogens (tertiary/aromatic N) is 1. The first kappa shape index (κ1) is 14.2. The van der Waals surface area contributed by atoms with Crippen LogP contribution in [0.1, 0.15) is 12.0 Å². The maximum Gasteiger partial charge on any atom is 0.228 e. The van der Waals surface area contributed by atoms with E-state index in [0.717, 1.165) is 17.7 Å². The van der Waals surface area contributed by atoms with Gasteiger partial charge >= 0.3 is 0 Å². The van der Waals surface area contributed by atoms with Crippen LogP contribution in [-0.4, -0.2) is 38.2 Å². The molecular formula is C14H18ClNO3. The molecule has 0 unspecified atom stereocenters. The second-order valence-corrected chi connectivity index (χ2v) is 5.15. The summed E-state index contributed by atoms with van der Waals surface area (Å²) in [5.74, 6) is 0.835. The molecule has 0 radical (unpaired) electrons. The predicted molar refractivity (Wildman–Crippen MR) is 73.4 cm³/mol. The lowest BCUT2D eigenvalue weighted by atomic mass is 10.1. The number of rotatable bonds is 4. The van der Waals surface area contributed by atoms with Gasteiger partial charge in [0.2, 0.25) is 5.91 Å². The summed E-state index contributed by atoms with van der Waals surface area (Å²) in [6.45, 7) is 1.68. The lowest BCUT2D eigenvalue weighted by molar-refractivity contribution is -0.134. The number of hydrogen-bond acceptors (Lipinski definition) is 3. The third-order valence-corrected chi connectivity index (χ3v) is 3.54. The Morgan fingerprint density at radius 3 is 3.00 bits per heavy atom. The average Bonchev–Trinajstić information content (AvgIpc) is 2.92. The monoisotopic (exact) mass is 283 g/mol. The number of carbonyl (C=O) groups excluding carboxylic acids is 1. The van der Waals surface area contributed by atoms with E-state index in [1.165, 1.54) is 0 Å². The van der Waals surface area contributed by atoms with Gasteiger partial charge in [0.25, 0.3) is 0 Å². The van der Waals surface area contributed by atoms with Gasteiger partial charge in [0.15, 0.2) is 0 Å². The molecule has 0 saturated carbocycles. The van der Waals surface area contributed by atoms with Crippen molar-refractivity contribution in [2.24, 2.45) is 5.92 Å². The van der Waals surface area contributed by atoms with Crippen LogP contribution in [0.25, 0.3) is 0 Å². The number of ether oxygens (including phenoxy) is 2. The minimum atomic E-state index is -0.0184. The van der Waals surface area contributed by atoms with E-state index in [4.69, 9.17) is 21.1 Å². The average molecular weight is 284 g/mol. The van der Waals surface area contributed by atoms with Gasteiger partial charge < -0.3 is 14.4 Å². The standard InChI is InChI=1S/C14H18ClNO3/c1-16(14(17)10-5-6-19-9-10)8-11-7-12(15)3-4-13(11)18-2/h3-4,7,10H,5-6,8-9H2,1-2H3/t10-/m0/s1. The molecule has 1 aliphatic rings. The van der Waals surface area contributed by atoms with E-state index in [0.29, 0.717) is 24.8 Å². The fraction of sp³-hybridized carbons (Fsp3) is 0.500. The molecular weight excluding hydrogens is 266 g/mol. The fourth-order valence-corrected chi connectivity index (χ4v) is 2.44. The molecule has 104 valence electrons. The third-order valence-electron chi connectivity index (χ3n) is 3.31. The first-order chi connectivity index (χ1) is 9.11. The quantitative estimate of drug-likeness (QED) is 0.851. The van der Waals surface area contributed by atoms with Crippen LogP contribution >= 0.6 is 11.6 Å². The maximum atomic E-state index is 12.2. The lowest BCUT2D eigenvalue weighted by Gasteiger charge is -2.21. The van der Waals surface area contributed by atoms with Gasteiger partial charge in [-0.1, -0.05) is 11.6 Å². The number of halogens is 1. The molecule has 2 rings (SSSR count). The Hall–Kier alpha value is -1.26. The second kappa shape index (κ2) is 6.26. The first-order valence-corrected chi connectivity index (χ1v) is 6.64. The Balaban J connectivity index is 2.07. The fourth-order valence-electron chi connectivity index (χ4n) is 2.25. The van der Waals surface area contributed by atoms with Crippen LogP contribution in [0.5, 0.6) is 5.75 Å². The van der Waals surface area contributed by atoms with Crippen molar-refractivity contribution in [2.45, 2.75) is 13.0 Å². The molecule has 1 aromatic rings. The highest BCUT2D eigenvalue weighted by molar-refractivity contribution is 6.30. The van der Waals surface area contributed by atoms with Crippen LogP contribution in [-0.2, 0) is 16.1 Å². The summed E-state index contributed by atoms with van der Waals surface area (Å²) in [5, 5.41) is 0.640. The summed E-state index contributed by atoms with van der Waals surface area (Å²) in [5.41, 5.74) is 0.907. The molecule has 0 N–H and O–H groups in total. The van der Waals surface area contributed by atoms with Crippen molar-refractivity contribution in [3.8, 4) is 5.75 Å². The zero-order valence-electron chi connectivity index (χ0n) is 11.2. The van der Waals surface area contributed by atoms with E-state index < -0.39 is 0 Å². The molecule has 1 aromatic carbocycles. The van der Waals surface area contributed by atoms with E-state index in [-0.39, 0.29) is 11.8 Å². The Labute approximate surface area is 118 Å². The van der Waals surface area contributed by atoms with Gasteiger partial charge in [-0.3, -0.25) is 4.79 Å². The van der Waals surface area contributed by atoms with Crippen LogP contribution in [0.15, 0.2) is 18.2 Å². The van der Waals surface area contributed by atoms with Crippen LogP contribution in [0, 0.1) is 5.92 Å². The Morgan fingerprint density at radius 1 is 1.58 bits per heavy atom. The van der Waals surface area contributed by atoms with E-state index in [9.17, 15) is 4.79 Å². The van der Waals surface area contributed by atoms with E-state index in [2.05, 4.69) is 0 Å². The van der Waals surface area contributed by atoms with Crippen molar-refractivity contribution in [1.82, 2.24) is 4.90 Å². The molecule has 19 heavy (non-hydrogen) atoms. The van der Waals surface area contributed by atoms with Gasteiger partial charge in [0.05, 0.1) is 19.6 Å². The largest absolute Gasteiger partial charge is 0.496 e. The predicted octanol–water partition coefficient (Wildman–Crippen LogP) is 2.34. The molecule has 1 heterocycles. The van der Waals surface area contributed by atoms with Crippen molar-refractivity contribution >= 4 is 17.5 Å². The van der Waals surface area contributed by atoms with Crippen molar-refractivity contribution in [1.29, 1.82) is 0 Å². The van der Waals surface area contributed by atoms with Crippen molar-refractivity contribution in [3.63, 3.8) is 0 Å². The van der Waals surface area contributed by atoms with E-state index in [1.54, 1.807) is 25.1 Å². The van der Waals surface area contributed by atoms with Crippen molar-refractivity contribution < 1.29 is 14.3 Å². The van der Waals surface area contributed by atoms with Crippen LogP contribution in [0.4, 0.5) is 0 Å². The topological polar surface area (TPSA) is 38.8 Å². The third kappa shape index (κ3) is 3.39. The molecule has 1 amide bonds. The zero-order valence-corrected chi connectivity index (χ0v) is 11.9. The summed E-state index contributed by atoms with van der Waals surface area (Å²) in [6.07, 6.45) is 0.801. The highest BCUT2D eigenvalue weighted by Crippen LogP contribution is 2.25. The van der Waals surface area contributed by atoms with Gasteiger partial charge in [0, 0.05) is 30.8 Å². The normalized spacial score (nSPS) is 18.4. The van der Waals surface area contributed by atoms with Gasteiger partial charge in [-0.15, -0.1) is 0 Å². The molecule has 0 aromatic heterocycles. The molecule has 0 spiro atoms. The molecule has 5 heteroatoms. The zero-order chi connectivity index (χ0) is 13.8. The van der Waals surface area contributed by atoms with Crippen molar-refractivity contribution in [2.75, 3.05) is 27.4 Å². The van der Waals surface area contributed by atoms with Crippen LogP contribution in [0.2, 0.25) is 5.02 Å². The molecule has 1 saturated heterocycles. The summed E-state index contributed by atoms with van der Waals surface area (Å²) in [7, 11) is 3.40. The summed E-state index contributed by atoms with van der Waals surface area (Å²) in [6, 6.07) is 5.42. The van der Waals surface area contributed by atoms with Gasteiger partial charge in [-0.05, 0) is 24.6 Å². The number of methoxy groups -OCH3 is 1. The summed E-state index contributed by atoms with van der Waals surface area (Å²) >= 11 is 5.98. The second-order valence-electron chi connectivity index (χ2n) is 4.71. The highest BCUT2D eigenvalue weighted by Gasteiger charge is 2.26. The summed E-state index contributed by atoms with van der Waals surface area (Å²) < 4.78 is 10.5. The molecule has 1 aliphatic heterocycles. The van der Waals surface area contributed by atoms with E-state index >= 15 is 0 Å². The SMILES string of the molecule is COc1ccc(Cl)cc1CN(C)C(=O)[C@H]1CCOC1. The van der Waals surface area contributed by atoms with Gasteiger partial charge in [-0.2, -0.15) is 0 Å². The molecule has 0 bridgehead atoms. The van der Waals surface area contributed by atoms with Gasteiger partial charge in [0.1, 0.15) is 5.75 Å². The molecule has 1 fully saturated rings. The number of hydrogen-bond donors (Lipinski definition) is 0. The van der Waals surface area contributed by atoms with Gasteiger partial charge in [-0.25, -0.2) is 0 Å². The Morgan fingerprint density at radius 2 is 2.37 bits per heavy atom. The molecule has 4 nitrogen and oxygen atoms in total. The van der Waals surface area contributed by atoms with Crippen LogP contribution in [0.3, 0.4) is 0 Å². The highest BCUT2D eigenvalue weighted by atomic mass is 35.5. The van der Waals surface area contributed by atoms with Crippen molar-refractivity contribution in [3.05, 3.63) is 28.8 Å². The Bertz CT molecular complexity index is 458. The van der Waals surface area contributed by atoms with E-state index in [1.807, 2.05) is 12.1 Å². The Kier molecular flexibility index (Phi) is 4.66. The molecule has 0 aliphatic carbocycles. The number of amides is 1. The minimum Gasteiger partial charge on any atom is -0.496 e. The first-order valence-electron chi connectivity index (χ1n) is 6.27. The smallest absolute Gasteiger partial charge is 0.228 e.